The van der Waals surface area contributed by atoms with Crippen molar-refractivity contribution in [2.75, 3.05) is 0 Å². The summed E-state index contributed by atoms with van der Waals surface area (Å²) in [6.45, 7) is 0. The highest BCUT2D eigenvalue weighted by atomic mass is 28.3. The van der Waals surface area contributed by atoms with Crippen LogP contribution in [0.25, 0.3) is 122 Å². The Kier molecular flexibility index (Phi) is 9.63. The largest absolute Gasteiger partial charge is 0.455 e. The van der Waals surface area contributed by atoms with Crippen LogP contribution >= 0.6 is 0 Å². The first-order valence-corrected chi connectivity index (χ1v) is 27.5. The first kappa shape index (κ1) is 42.3. The summed E-state index contributed by atoms with van der Waals surface area (Å²) in [6, 6.07) is 99.5. The Labute approximate surface area is 431 Å². The molecule has 11 aromatic carbocycles. The zero-order valence-corrected chi connectivity index (χ0v) is 41.3. The summed E-state index contributed by atoms with van der Waals surface area (Å²) in [7, 11) is -3.17. The Morgan fingerprint density at radius 3 is 1.24 bits per heavy atom. The number of hydrogen-bond donors (Lipinski definition) is 0. The first-order chi connectivity index (χ1) is 36.7. The van der Waals surface area contributed by atoms with Gasteiger partial charge in [-0.2, -0.15) is 0 Å². The van der Waals surface area contributed by atoms with Crippen LogP contribution in [0.5, 0.6) is 0 Å². The Hall–Kier alpha value is -9.41. The third kappa shape index (κ3) is 6.33. The van der Waals surface area contributed by atoms with Gasteiger partial charge in [-0.25, -0.2) is 0 Å². The van der Waals surface area contributed by atoms with Gasteiger partial charge in [-0.15, -0.1) is 0 Å². The molecule has 0 amide bonds. The van der Waals surface area contributed by atoms with E-state index in [0.717, 1.165) is 49.9 Å². The second-order valence-electron chi connectivity index (χ2n) is 19.6. The Morgan fingerprint density at radius 2 is 0.662 bits per heavy atom. The standard InChI is InChI=1S/C71H45NOSi/c1-3-19-47(20-4-1)74(48-21-5-2-6-22-48,50-38-41-61-64-34-18-42-72-70(64)63-31-14-13-26-55(63)54-25-9-12-29-58(54)68(61)45-50)49-37-40-60-59-39-36-46(51-32-17-33-65-62-30-15-16-35-69(62)73-71(51)65)43-66(59)56-27-10-7-23-52(56)53-24-8-11-28-57(53)67(60)44-49/h1-45H. The molecule has 0 bridgehead atoms. The second-order valence-corrected chi connectivity index (χ2v) is 23.4. The average molecular weight is 956 g/mol. The van der Waals surface area contributed by atoms with E-state index >= 15 is 0 Å². The number of nitrogens with zero attached hydrogens (tertiary/aromatic N) is 1. The lowest BCUT2D eigenvalue weighted by atomic mass is 9.80. The molecule has 0 atom stereocenters. The summed E-state index contributed by atoms with van der Waals surface area (Å²) in [4.78, 5) is 5.10. The van der Waals surface area contributed by atoms with Gasteiger partial charge in [0.1, 0.15) is 11.2 Å². The number of fused-ring (bicyclic) bond motifs is 19. The lowest BCUT2D eigenvalue weighted by molar-refractivity contribution is 0.670. The third-order valence-electron chi connectivity index (χ3n) is 15.9. The van der Waals surface area contributed by atoms with E-state index in [0.29, 0.717) is 0 Å². The summed E-state index contributed by atoms with van der Waals surface area (Å²) < 4.78 is 6.64. The molecule has 2 nitrogen and oxygen atoms in total. The molecule has 0 spiro atoms. The minimum atomic E-state index is -3.17. The Bertz CT molecular complexity index is 4330. The smallest absolute Gasteiger partial charge is 0.179 e. The Balaban J connectivity index is 1.01. The van der Waals surface area contributed by atoms with Crippen molar-refractivity contribution in [2.45, 2.75) is 0 Å². The van der Waals surface area contributed by atoms with Crippen molar-refractivity contribution in [3.8, 4) is 100 Å². The van der Waals surface area contributed by atoms with Crippen LogP contribution in [0.1, 0.15) is 0 Å². The predicted octanol–water partition coefficient (Wildman–Crippen LogP) is 16.0. The molecule has 2 aliphatic rings. The van der Waals surface area contributed by atoms with E-state index in [1.165, 1.54) is 93.1 Å². The number of hydrogen-bond acceptors (Lipinski definition) is 2. The van der Waals surface area contributed by atoms with Crippen LogP contribution in [-0.2, 0) is 0 Å². The van der Waals surface area contributed by atoms with Crippen LogP contribution in [-0.4, -0.2) is 13.1 Å². The van der Waals surface area contributed by atoms with Gasteiger partial charge in [0.2, 0.25) is 0 Å². The monoisotopic (exact) mass is 955 g/mol. The third-order valence-corrected chi connectivity index (χ3v) is 20.6. The van der Waals surface area contributed by atoms with E-state index < -0.39 is 8.07 Å². The van der Waals surface area contributed by atoms with Gasteiger partial charge < -0.3 is 4.42 Å². The van der Waals surface area contributed by atoms with Crippen LogP contribution in [0, 0.1) is 0 Å². The molecule has 15 rings (SSSR count). The molecule has 0 saturated carbocycles. The fourth-order valence-electron chi connectivity index (χ4n) is 12.6. The second kappa shape index (κ2) is 16.8. The van der Waals surface area contributed by atoms with Gasteiger partial charge in [0.25, 0.3) is 0 Å². The lowest BCUT2D eigenvalue weighted by Gasteiger charge is -2.36. The van der Waals surface area contributed by atoms with E-state index in [4.69, 9.17) is 9.40 Å². The molecule has 344 valence electrons. The Morgan fingerprint density at radius 1 is 0.257 bits per heavy atom. The molecule has 0 N–H and O–H groups in total. The summed E-state index contributed by atoms with van der Waals surface area (Å²) in [6.07, 6.45) is 1.93. The van der Waals surface area contributed by atoms with Crippen molar-refractivity contribution in [2.24, 2.45) is 0 Å². The molecule has 2 aromatic heterocycles. The molecule has 0 radical (unpaired) electrons. The molecule has 2 heterocycles. The van der Waals surface area contributed by atoms with Crippen molar-refractivity contribution in [3.63, 3.8) is 0 Å². The molecule has 13 aromatic rings. The number of para-hydroxylation sites is 2. The molecule has 0 unspecified atom stereocenters. The molecular weight excluding hydrogens is 911 g/mol. The number of aromatic nitrogens is 1. The van der Waals surface area contributed by atoms with Gasteiger partial charge in [0, 0.05) is 33.7 Å². The van der Waals surface area contributed by atoms with Crippen molar-refractivity contribution < 1.29 is 4.42 Å². The van der Waals surface area contributed by atoms with Gasteiger partial charge in [0.15, 0.2) is 8.07 Å². The average Bonchev–Trinajstić information content (AvgIpc) is 3.87. The highest BCUT2D eigenvalue weighted by Gasteiger charge is 2.43. The maximum Gasteiger partial charge on any atom is 0.179 e. The first-order valence-electron chi connectivity index (χ1n) is 25.5. The van der Waals surface area contributed by atoms with Gasteiger partial charge in [0.05, 0.1) is 5.69 Å². The number of pyridine rings is 1. The maximum atomic E-state index is 6.64. The topological polar surface area (TPSA) is 26.0 Å². The summed E-state index contributed by atoms with van der Waals surface area (Å²) >= 11 is 0. The zero-order chi connectivity index (χ0) is 48.7. The molecular formula is C71H45NOSi. The highest BCUT2D eigenvalue weighted by Crippen LogP contribution is 2.50. The number of benzene rings is 11. The highest BCUT2D eigenvalue weighted by molar-refractivity contribution is 7.20. The van der Waals surface area contributed by atoms with Gasteiger partial charge in [-0.05, 0) is 117 Å². The zero-order valence-electron chi connectivity index (χ0n) is 40.3. The minimum Gasteiger partial charge on any atom is -0.455 e. The van der Waals surface area contributed by atoms with E-state index in [-0.39, 0.29) is 0 Å². The molecule has 74 heavy (non-hydrogen) atoms. The van der Waals surface area contributed by atoms with Gasteiger partial charge in [-0.3, -0.25) is 4.98 Å². The van der Waals surface area contributed by atoms with Crippen molar-refractivity contribution >= 4 is 50.8 Å². The van der Waals surface area contributed by atoms with Gasteiger partial charge in [-0.1, -0.05) is 249 Å². The summed E-state index contributed by atoms with van der Waals surface area (Å²) in [5.41, 5.74) is 23.0. The van der Waals surface area contributed by atoms with Crippen LogP contribution in [0.4, 0.5) is 0 Å². The molecule has 3 heteroatoms. The van der Waals surface area contributed by atoms with Gasteiger partial charge >= 0.3 is 0 Å². The van der Waals surface area contributed by atoms with Crippen molar-refractivity contribution in [1.29, 1.82) is 0 Å². The number of furan rings is 1. The van der Waals surface area contributed by atoms with E-state index in [2.05, 4.69) is 261 Å². The molecule has 0 aliphatic heterocycles. The fourth-order valence-corrected chi connectivity index (χ4v) is 17.4. The van der Waals surface area contributed by atoms with E-state index in [1.54, 1.807) is 0 Å². The summed E-state index contributed by atoms with van der Waals surface area (Å²) in [5.74, 6) is 0. The molecule has 0 fully saturated rings. The summed E-state index contributed by atoms with van der Waals surface area (Å²) in [5, 5.41) is 7.55. The quantitative estimate of drug-likeness (QED) is 0.127. The van der Waals surface area contributed by atoms with Crippen LogP contribution in [0.2, 0.25) is 0 Å². The molecule has 0 saturated heterocycles. The lowest BCUT2D eigenvalue weighted by Crippen LogP contribution is -2.74. The van der Waals surface area contributed by atoms with E-state index in [1.807, 2.05) is 12.3 Å². The molecule has 2 aliphatic carbocycles. The van der Waals surface area contributed by atoms with Crippen molar-refractivity contribution in [3.05, 3.63) is 273 Å². The SMILES string of the molecule is c1ccc([Si](c2ccccc2)(c2ccc3c(c2)-c2ccccc2-c2ccccc2-c2cc(-c4cccc5c4oc4ccccc45)ccc2-3)c2ccc3c(c2)-c2ccccc2-c2ccccc2-c2ncccc2-3)cc1. The van der Waals surface area contributed by atoms with E-state index in [9.17, 15) is 0 Å². The normalized spacial score (nSPS) is 12.1. The minimum absolute atomic E-state index is 0.901. The maximum absolute atomic E-state index is 6.64. The van der Waals surface area contributed by atoms with Crippen molar-refractivity contribution in [1.82, 2.24) is 4.98 Å². The van der Waals surface area contributed by atoms with Crippen LogP contribution in [0.15, 0.2) is 278 Å². The fraction of sp³-hybridized carbons (Fsp3) is 0. The van der Waals surface area contributed by atoms with Crippen LogP contribution in [0.3, 0.4) is 0 Å². The van der Waals surface area contributed by atoms with Crippen LogP contribution < -0.4 is 20.7 Å². The number of rotatable bonds is 5. The predicted molar refractivity (Wildman–Crippen MR) is 311 cm³/mol.